The summed E-state index contributed by atoms with van der Waals surface area (Å²) in [4.78, 5) is 17.3. The summed E-state index contributed by atoms with van der Waals surface area (Å²) >= 11 is -2.86. The summed E-state index contributed by atoms with van der Waals surface area (Å²) in [7, 11) is -1.36. The summed E-state index contributed by atoms with van der Waals surface area (Å²) in [6, 6.07) is 0. The highest BCUT2D eigenvalue weighted by Crippen LogP contribution is 2.44. The zero-order valence-electron chi connectivity index (χ0n) is 7.73. The zero-order valence-corrected chi connectivity index (χ0v) is 9.44. The predicted molar refractivity (Wildman–Crippen MR) is 47.7 cm³/mol. The van der Waals surface area contributed by atoms with Gasteiger partial charge in [0.25, 0.3) is 0 Å². The van der Waals surface area contributed by atoms with Crippen LogP contribution in [0.5, 0.6) is 0 Å². The van der Waals surface area contributed by atoms with Crippen LogP contribution < -0.4 is 0 Å². The quantitative estimate of drug-likeness (QED) is 0.353. The molecule has 10 heteroatoms. The number of quaternary nitrogens is 1. The first-order valence-corrected chi connectivity index (χ1v) is 5.92. The molecule has 0 aliphatic rings. The molecule has 0 aromatic rings. The SMILES string of the molecule is C[N+](C)(CCO)P(=O)(O)O.O=S([O-])O. The first kappa shape index (κ1) is 16.6. The molecule has 1 atom stereocenters. The van der Waals surface area contributed by atoms with Gasteiger partial charge in [0.2, 0.25) is 0 Å². The third-order valence-corrected chi connectivity index (χ3v) is 2.96. The van der Waals surface area contributed by atoms with Gasteiger partial charge in [-0.2, -0.15) is 0 Å². The minimum absolute atomic E-state index is 0.0598. The summed E-state index contributed by atoms with van der Waals surface area (Å²) in [6.45, 7) is -0.164. The van der Waals surface area contributed by atoms with Gasteiger partial charge in [0, 0.05) is 0 Å². The van der Waals surface area contributed by atoms with Crippen LogP contribution in [0.2, 0.25) is 0 Å². The van der Waals surface area contributed by atoms with Crippen molar-refractivity contribution in [3.8, 4) is 0 Å². The molecular weight excluding hydrogens is 237 g/mol. The molecule has 4 N–H and O–H groups in total. The lowest BCUT2D eigenvalue weighted by molar-refractivity contribution is -0.781. The fourth-order valence-corrected chi connectivity index (χ4v) is 0.725. The second-order valence-corrected chi connectivity index (χ2v) is 5.34. The van der Waals surface area contributed by atoms with E-state index in [4.69, 9.17) is 28.2 Å². The molecule has 0 aliphatic carbocycles. The number of nitrogens with zero attached hydrogens (tertiary/aromatic N) is 1. The predicted octanol–water partition coefficient (Wildman–Crippen LogP) is -1.51. The molecule has 0 radical (unpaired) electrons. The van der Waals surface area contributed by atoms with Crippen molar-refractivity contribution in [1.29, 1.82) is 0 Å². The van der Waals surface area contributed by atoms with Gasteiger partial charge in [-0.25, -0.2) is 13.0 Å². The Morgan fingerprint density at radius 2 is 1.71 bits per heavy atom. The molecule has 88 valence electrons. The van der Waals surface area contributed by atoms with Crippen molar-refractivity contribution >= 4 is 19.1 Å². The Hall–Kier alpha value is 0.140. The smallest absolute Gasteiger partial charge is 0.526 e. The number of aliphatic hydroxyl groups excluding tert-OH is 1. The summed E-state index contributed by atoms with van der Waals surface area (Å²) in [5, 5.41) is 8.41. The van der Waals surface area contributed by atoms with Crippen LogP contribution in [-0.4, -0.2) is 59.7 Å². The van der Waals surface area contributed by atoms with E-state index in [2.05, 4.69) is 0 Å². The number of hydrogen-bond donors (Lipinski definition) is 4. The molecule has 0 fully saturated rings. The van der Waals surface area contributed by atoms with Crippen LogP contribution in [0.4, 0.5) is 0 Å². The van der Waals surface area contributed by atoms with E-state index < -0.39 is 23.4 Å². The van der Waals surface area contributed by atoms with E-state index in [1.807, 2.05) is 0 Å². The first-order chi connectivity index (χ1) is 6.04. The maximum absolute atomic E-state index is 10.6. The van der Waals surface area contributed by atoms with Gasteiger partial charge in [-0.1, -0.05) is 0 Å². The highest BCUT2D eigenvalue weighted by atomic mass is 32.2. The standard InChI is InChI=1S/C4H12NO4P.H2O3S/c1-5(2,3-4-6)10(7,8)9;1-4(2)3/h6H,3-4H2,1-2H3,(H-,7,8,9);(H2,1,2,3). The molecule has 0 heterocycles. The molecule has 1 unspecified atom stereocenters. The van der Waals surface area contributed by atoms with Crippen LogP contribution in [0, 0.1) is 0 Å². The molecule has 0 aromatic carbocycles. The topological polar surface area (TPSA) is 138 Å². The van der Waals surface area contributed by atoms with E-state index in [1.165, 1.54) is 14.1 Å². The highest BCUT2D eigenvalue weighted by molar-refractivity contribution is 7.73. The third-order valence-electron chi connectivity index (χ3n) is 1.35. The molecule has 0 spiro atoms. The molecular formula is C4H14NO7PS. The first-order valence-electron chi connectivity index (χ1n) is 3.33. The van der Waals surface area contributed by atoms with E-state index >= 15 is 0 Å². The molecule has 0 aromatic heterocycles. The van der Waals surface area contributed by atoms with Crippen molar-refractivity contribution < 1.29 is 37.0 Å². The molecule has 0 saturated carbocycles. The Bertz CT molecular complexity index is 222. The third kappa shape index (κ3) is 8.73. The van der Waals surface area contributed by atoms with Gasteiger partial charge < -0.3 is 14.2 Å². The number of rotatable bonds is 3. The second kappa shape index (κ2) is 6.59. The average molecular weight is 251 g/mol. The summed E-state index contributed by atoms with van der Waals surface area (Å²) in [6.07, 6.45) is 0. The minimum atomic E-state index is -4.11. The molecule has 0 rings (SSSR count). The van der Waals surface area contributed by atoms with Gasteiger partial charge >= 0.3 is 7.75 Å². The van der Waals surface area contributed by atoms with Crippen molar-refractivity contribution in [1.82, 2.24) is 0 Å². The lowest BCUT2D eigenvalue weighted by Crippen LogP contribution is -2.38. The lowest BCUT2D eigenvalue weighted by Gasteiger charge is -2.27. The van der Waals surface area contributed by atoms with Crippen LogP contribution in [0.1, 0.15) is 0 Å². The zero-order chi connectivity index (χ0) is 12.0. The van der Waals surface area contributed by atoms with E-state index in [-0.39, 0.29) is 13.2 Å². The van der Waals surface area contributed by atoms with Crippen molar-refractivity contribution in [2.75, 3.05) is 27.2 Å². The fraction of sp³-hybridized carbons (Fsp3) is 1.00. The monoisotopic (exact) mass is 251 g/mol. The Morgan fingerprint density at radius 3 is 1.79 bits per heavy atom. The van der Waals surface area contributed by atoms with E-state index in [0.717, 1.165) is 0 Å². The van der Waals surface area contributed by atoms with Crippen molar-refractivity contribution in [2.45, 2.75) is 0 Å². The molecule has 0 aliphatic heterocycles. The highest BCUT2D eigenvalue weighted by Gasteiger charge is 2.36. The largest absolute Gasteiger partial charge is 0.750 e. The van der Waals surface area contributed by atoms with Crippen LogP contribution in [0.25, 0.3) is 0 Å². The molecule has 14 heavy (non-hydrogen) atoms. The fourth-order valence-electron chi connectivity index (χ4n) is 0.375. The maximum Gasteiger partial charge on any atom is 0.526 e. The second-order valence-electron chi connectivity index (χ2n) is 2.80. The summed E-state index contributed by atoms with van der Waals surface area (Å²) in [5.41, 5.74) is 0. The number of aliphatic hydroxyl groups is 1. The van der Waals surface area contributed by atoms with Crippen molar-refractivity contribution in [3.05, 3.63) is 0 Å². The van der Waals surface area contributed by atoms with E-state index in [0.29, 0.717) is 0 Å². The average Bonchev–Trinajstić information content (AvgIpc) is 1.82. The Balaban J connectivity index is 0. The minimum Gasteiger partial charge on any atom is -0.750 e. The van der Waals surface area contributed by atoms with Gasteiger partial charge in [0.15, 0.2) is 0 Å². The van der Waals surface area contributed by atoms with Crippen LogP contribution in [-0.2, 0) is 15.9 Å². The van der Waals surface area contributed by atoms with Crippen molar-refractivity contribution in [3.63, 3.8) is 0 Å². The van der Waals surface area contributed by atoms with Crippen LogP contribution >= 0.6 is 7.75 Å². The van der Waals surface area contributed by atoms with Gasteiger partial charge in [-0.15, -0.1) is 0 Å². The molecule has 0 amide bonds. The lowest BCUT2D eigenvalue weighted by atomic mass is 10.6. The maximum atomic E-state index is 10.6. The Morgan fingerprint density at radius 1 is 1.43 bits per heavy atom. The molecule has 8 nitrogen and oxygen atoms in total. The van der Waals surface area contributed by atoms with Gasteiger partial charge in [-0.3, -0.25) is 9.79 Å². The molecule has 0 saturated heterocycles. The normalized spacial score (nSPS) is 14.2. The Kier molecular flexibility index (Phi) is 7.80. The number of hydrogen-bond acceptors (Lipinski definition) is 4. The Labute approximate surface area is 84.1 Å². The van der Waals surface area contributed by atoms with Gasteiger partial charge in [0.05, 0.1) is 32.1 Å². The van der Waals surface area contributed by atoms with Gasteiger partial charge in [-0.05, 0) is 0 Å². The number of likely N-dealkylation sites (N-methyl/N-ethyl adjacent to an activating group) is 1. The summed E-state index contributed by atoms with van der Waals surface area (Å²) in [5.74, 6) is 0. The van der Waals surface area contributed by atoms with Crippen LogP contribution in [0.15, 0.2) is 0 Å². The summed E-state index contributed by atoms with van der Waals surface area (Å²) < 4.78 is 34.2. The van der Waals surface area contributed by atoms with Crippen LogP contribution in [0.3, 0.4) is 0 Å². The molecule has 0 bridgehead atoms. The van der Waals surface area contributed by atoms with Gasteiger partial charge in [0.1, 0.15) is 6.54 Å². The van der Waals surface area contributed by atoms with E-state index in [1.54, 1.807) is 0 Å². The van der Waals surface area contributed by atoms with Crippen molar-refractivity contribution in [2.24, 2.45) is 0 Å². The van der Waals surface area contributed by atoms with E-state index in [9.17, 15) is 4.57 Å².